The van der Waals surface area contributed by atoms with Crippen molar-refractivity contribution in [2.24, 2.45) is 16.1 Å². The summed E-state index contributed by atoms with van der Waals surface area (Å²) in [6.45, 7) is 9.52. The van der Waals surface area contributed by atoms with Gasteiger partial charge in [-0.3, -0.25) is 29.4 Å². The Morgan fingerprint density at radius 1 is 0.842 bits per heavy atom. The Balaban J connectivity index is 1.05. The van der Waals surface area contributed by atoms with Crippen LogP contribution in [0.5, 0.6) is 0 Å². The highest BCUT2D eigenvalue weighted by Crippen LogP contribution is 2.30. The topological polar surface area (TPSA) is 147 Å². The number of nitro benzene ring substituents is 1. The van der Waals surface area contributed by atoms with Crippen LogP contribution in [0, 0.1) is 16.0 Å². The van der Waals surface area contributed by atoms with E-state index in [1.54, 1.807) is 0 Å². The van der Waals surface area contributed by atoms with Gasteiger partial charge in [0.25, 0.3) is 5.69 Å². The number of hydrogen-bond acceptors (Lipinski definition) is 11. The van der Waals surface area contributed by atoms with E-state index in [0.717, 1.165) is 36.4 Å². The number of azo groups is 1. The summed E-state index contributed by atoms with van der Waals surface area (Å²) in [5.74, 6) is -0.417. The molecular formula is C44H52N6O7. The van der Waals surface area contributed by atoms with Gasteiger partial charge < -0.3 is 19.3 Å². The lowest BCUT2D eigenvalue weighted by molar-refractivity contribution is -0.384. The molecule has 0 spiro atoms. The molecule has 0 aromatic heterocycles. The minimum Gasteiger partial charge on any atom is -0.464 e. The van der Waals surface area contributed by atoms with E-state index in [1.165, 1.54) is 24.3 Å². The Kier molecular flexibility index (Phi) is 15.8. The largest absolute Gasteiger partial charge is 0.464 e. The molecular weight excluding hydrogens is 725 g/mol. The van der Waals surface area contributed by atoms with Crippen LogP contribution in [-0.2, 0) is 23.9 Å². The highest BCUT2D eigenvalue weighted by Gasteiger charge is 2.35. The van der Waals surface area contributed by atoms with Crippen LogP contribution in [-0.4, -0.2) is 73.0 Å². The molecule has 1 saturated heterocycles. The smallest absolute Gasteiger partial charge is 0.306 e. The van der Waals surface area contributed by atoms with E-state index < -0.39 is 11.0 Å². The Hall–Kier alpha value is -5.95. The molecule has 13 heteroatoms. The van der Waals surface area contributed by atoms with Crippen LogP contribution in [0.2, 0.25) is 0 Å². The molecule has 1 heterocycles. The maximum Gasteiger partial charge on any atom is 0.306 e. The standard InChI is InChI=1S/C44H52N6O7/c1-4-42(51)49(38-15-10-7-11-16-38)40-27-28-47(31-33(40)3)32-41(34-13-8-6-9-14-34)57-44(53)18-12-17-43(52)56-30-29-48(5-2)37-23-19-35(20-24-37)45-46-36-21-25-39(26-22-36)50(54)55/h6-11,13-16,19-26,33,40-41H,4-5,12,17-18,27-32H2,1-3H3/t33-,40+,41-/m1/s1. The number of hydrogen-bond donors (Lipinski definition) is 0. The van der Waals surface area contributed by atoms with Crippen molar-refractivity contribution in [2.75, 3.05) is 49.1 Å². The quantitative estimate of drug-likeness (QED) is 0.0394. The fourth-order valence-corrected chi connectivity index (χ4v) is 7.05. The van der Waals surface area contributed by atoms with Crippen LogP contribution < -0.4 is 9.80 Å². The maximum absolute atomic E-state index is 13.1. The molecule has 5 rings (SSSR count). The van der Waals surface area contributed by atoms with Gasteiger partial charge in [0.15, 0.2) is 0 Å². The number of non-ortho nitro benzene ring substituents is 1. The number of nitro groups is 1. The summed E-state index contributed by atoms with van der Waals surface area (Å²) < 4.78 is 11.6. The van der Waals surface area contributed by atoms with E-state index in [4.69, 9.17) is 9.47 Å². The molecule has 0 unspecified atom stereocenters. The molecule has 0 radical (unpaired) electrons. The number of rotatable bonds is 19. The van der Waals surface area contributed by atoms with Crippen molar-refractivity contribution in [1.82, 2.24) is 4.90 Å². The maximum atomic E-state index is 13.1. The van der Waals surface area contributed by atoms with Gasteiger partial charge in [-0.1, -0.05) is 62.4 Å². The summed E-state index contributed by atoms with van der Waals surface area (Å²) in [6.07, 6.45) is 1.29. The normalized spacial score (nSPS) is 16.1. The first kappa shape index (κ1) is 42.2. The van der Waals surface area contributed by atoms with Crippen LogP contribution in [0.15, 0.2) is 119 Å². The van der Waals surface area contributed by atoms with Gasteiger partial charge in [0.2, 0.25) is 5.91 Å². The summed E-state index contributed by atoms with van der Waals surface area (Å²) in [4.78, 5) is 55.5. The highest BCUT2D eigenvalue weighted by molar-refractivity contribution is 5.93. The lowest BCUT2D eigenvalue weighted by Crippen LogP contribution is -2.53. The SMILES string of the molecule is CCC(=O)N(c1ccccc1)[C@H]1CCN(C[C@@H](OC(=O)CCCC(=O)OCCN(CC)c2ccc(N=Nc3ccc([N+](=O)[O-])cc3)cc2)c2ccccc2)C[C@H]1C. The molecule has 57 heavy (non-hydrogen) atoms. The van der Waals surface area contributed by atoms with Crippen molar-refractivity contribution < 1.29 is 28.8 Å². The monoisotopic (exact) mass is 776 g/mol. The summed E-state index contributed by atoms with van der Waals surface area (Å²) in [5, 5.41) is 19.2. The van der Waals surface area contributed by atoms with Crippen molar-refractivity contribution in [3.05, 3.63) is 125 Å². The predicted molar refractivity (Wildman–Crippen MR) is 220 cm³/mol. The number of para-hydroxylation sites is 1. The lowest BCUT2D eigenvalue weighted by Gasteiger charge is -2.43. The molecule has 1 amide bonds. The molecule has 13 nitrogen and oxygen atoms in total. The van der Waals surface area contributed by atoms with E-state index >= 15 is 0 Å². The predicted octanol–water partition coefficient (Wildman–Crippen LogP) is 8.99. The van der Waals surface area contributed by atoms with E-state index in [9.17, 15) is 24.5 Å². The first-order valence-corrected chi connectivity index (χ1v) is 19.7. The zero-order chi connectivity index (χ0) is 40.6. The average molecular weight is 777 g/mol. The van der Waals surface area contributed by atoms with Crippen molar-refractivity contribution in [3.8, 4) is 0 Å². The third-order valence-corrected chi connectivity index (χ3v) is 10.1. The Bertz CT molecular complexity index is 1930. The molecule has 0 N–H and O–H groups in total. The minimum absolute atomic E-state index is 0.00935. The first-order chi connectivity index (χ1) is 27.6. The number of esters is 2. The third kappa shape index (κ3) is 12.5. The lowest BCUT2D eigenvalue weighted by atomic mass is 9.91. The molecule has 1 aliphatic heterocycles. The van der Waals surface area contributed by atoms with Crippen LogP contribution in [0.4, 0.5) is 28.4 Å². The van der Waals surface area contributed by atoms with Gasteiger partial charge >= 0.3 is 11.9 Å². The molecule has 300 valence electrons. The Morgan fingerprint density at radius 2 is 1.46 bits per heavy atom. The van der Waals surface area contributed by atoms with Gasteiger partial charge in [0.1, 0.15) is 12.7 Å². The zero-order valence-corrected chi connectivity index (χ0v) is 32.9. The number of likely N-dealkylation sites (tertiary alicyclic amines) is 1. The van der Waals surface area contributed by atoms with E-state index in [2.05, 4.69) is 27.0 Å². The molecule has 0 saturated carbocycles. The number of nitrogens with zero attached hydrogens (tertiary/aromatic N) is 6. The number of carbonyl (C=O) groups excluding carboxylic acids is 3. The molecule has 1 aliphatic rings. The van der Waals surface area contributed by atoms with Gasteiger partial charge in [-0.05, 0) is 79.8 Å². The van der Waals surface area contributed by atoms with Crippen LogP contribution in [0.1, 0.15) is 64.5 Å². The van der Waals surface area contributed by atoms with Gasteiger partial charge in [-0.2, -0.15) is 10.2 Å². The van der Waals surface area contributed by atoms with Gasteiger partial charge in [-0.25, -0.2) is 0 Å². The van der Waals surface area contributed by atoms with Crippen LogP contribution in [0.25, 0.3) is 0 Å². The Labute approximate surface area is 334 Å². The van der Waals surface area contributed by atoms with Crippen LogP contribution >= 0.6 is 0 Å². The Morgan fingerprint density at radius 3 is 2.05 bits per heavy atom. The van der Waals surface area contributed by atoms with E-state index in [-0.39, 0.29) is 54.9 Å². The van der Waals surface area contributed by atoms with Crippen molar-refractivity contribution in [2.45, 2.75) is 65.0 Å². The molecule has 4 aromatic carbocycles. The summed E-state index contributed by atoms with van der Waals surface area (Å²) >= 11 is 0. The molecule has 1 fully saturated rings. The van der Waals surface area contributed by atoms with Gasteiger partial charge in [0, 0.05) is 75.0 Å². The molecule has 0 bridgehead atoms. The number of piperidine rings is 1. The molecule has 4 aromatic rings. The second-order valence-electron chi connectivity index (χ2n) is 14.1. The molecule has 0 aliphatic carbocycles. The zero-order valence-electron chi connectivity index (χ0n) is 32.9. The first-order valence-electron chi connectivity index (χ1n) is 19.7. The third-order valence-electron chi connectivity index (χ3n) is 10.1. The number of ether oxygens (including phenoxy) is 2. The number of likely N-dealkylation sites (N-methyl/N-ethyl adjacent to an activating group) is 1. The fraction of sp³-hybridized carbons (Fsp3) is 0.386. The number of anilines is 2. The summed E-state index contributed by atoms with van der Waals surface area (Å²) in [7, 11) is 0. The van der Waals surface area contributed by atoms with Crippen molar-refractivity contribution >= 4 is 46.3 Å². The number of carbonyl (C=O) groups is 3. The minimum atomic E-state index is -0.468. The average Bonchev–Trinajstić information content (AvgIpc) is 3.23. The van der Waals surface area contributed by atoms with Crippen molar-refractivity contribution in [1.29, 1.82) is 0 Å². The van der Waals surface area contributed by atoms with Gasteiger partial charge in [0.05, 0.1) is 22.8 Å². The van der Waals surface area contributed by atoms with Crippen molar-refractivity contribution in [3.63, 3.8) is 0 Å². The second-order valence-corrected chi connectivity index (χ2v) is 14.1. The summed E-state index contributed by atoms with van der Waals surface area (Å²) in [5.41, 5.74) is 3.88. The highest BCUT2D eigenvalue weighted by atomic mass is 16.6. The van der Waals surface area contributed by atoms with Gasteiger partial charge in [-0.15, -0.1) is 0 Å². The van der Waals surface area contributed by atoms with Crippen LogP contribution in [0.3, 0.4) is 0 Å². The summed E-state index contributed by atoms with van der Waals surface area (Å²) in [6, 6.07) is 32.9. The number of benzene rings is 4. The van der Waals surface area contributed by atoms with E-state index in [0.29, 0.717) is 43.9 Å². The fourth-order valence-electron chi connectivity index (χ4n) is 7.05. The second kappa shape index (κ2) is 21.4. The van der Waals surface area contributed by atoms with E-state index in [1.807, 2.05) is 104 Å². The molecule has 3 atom stereocenters. The number of amides is 1.